The first-order valence-corrected chi connectivity index (χ1v) is 8.05. The van der Waals surface area contributed by atoms with Gasteiger partial charge in [-0.1, -0.05) is 42.3 Å². The molecule has 0 aliphatic heterocycles. The number of hydrogen-bond acceptors (Lipinski definition) is 2. The summed E-state index contributed by atoms with van der Waals surface area (Å²) in [7, 11) is 0. The summed E-state index contributed by atoms with van der Waals surface area (Å²) in [5, 5.41) is 7.07. The molecule has 1 aromatic carbocycles. The first-order chi connectivity index (χ1) is 9.22. The van der Waals surface area contributed by atoms with Crippen molar-refractivity contribution in [1.29, 1.82) is 0 Å². The van der Waals surface area contributed by atoms with Crippen molar-refractivity contribution in [2.24, 2.45) is 0 Å². The summed E-state index contributed by atoms with van der Waals surface area (Å²) in [5.74, 6) is 0. The van der Waals surface area contributed by atoms with E-state index in [0.29, 0.717) is 0 Å². The maximum Gasteiger partial charge on any atom is 0.0468 e. The van der Waals surface area contributed by atoms with Crippen molar-refractivity contribution in [3.8, 4) is 0 Å². The van der Waals surface area contributed by atoms with Crippen LogP contribution in [0.15, 0.2) is 35.7 Å². The minimum atomic E-state index is 0.202. The molecule has 1 atom stereocenters. The Morgan fingerprint density at radius 2 is 1.89 bits per heavy atom. The van der Waals surface area contributed by atoms with Crippen LogP contribution in [0.1, 0.15) is 29.8 Å². The van der Waals surface area contributed by atoms with Gasteiger partial charge in [-0.25, -0.2) is 0 Å². The van der Waals surface area contributed by atoms with E-state index in [0.717, 1.165) is 35.0 Å². The standard InChI is InChI=1S/C15H17Cl2NS/c1-2-18-14(9-8-11-5-4-10-19-11)15-12(16)6-3-7-13(15)17/h3-7,10,14,18H,2,8-9H2,1H3. The zero-order valence-corrected chi connectivity index (χ0v) is 13.2. The van der Waals surface area contributed by atoms with E-state index in [1.807, 2.05) is 18.2 Å². The fourth-order valence-electron chi connectivity index (χ4n) is 2.18. The van der Waals surface area contributed by atoms with Crippen molar-refractivity contribution in [3.63, 3.8) is 0 Å². The summed E-state index contributed by atoms with van der Waals surface area (Å²) in [6.45, 7) is 3.00. The second-order valence-corrected chi connectivity index (χ2v) is 6.21. The molecule has 1 heterocycles. The zero-order chi connectivity index (χ0) is 13.7. The summed E-state index contributed by atoms with van der Waals surface area (Å²) in [6, 6.07) is 10.1. The van der Waals surface area contributed by atoms with Crippen LogP contribution in [0.4, 0.5) is 0 Å². The van der Waals surface area contributed by atoms with E-state index >= 15 is 0 Å². The van der Waals surface area contributed by atoms with Crippen LogP contribution in [-0.4, -0.2) is 6.54 Å². The van der Waals surface area contributed by atoms with Gasteiger partial charge in [0.1, 0.15) is 0 Å². The zero-order valence-electron chi connectivity index (χ0n) is 10.8. The van der Waals surface area contributed by atoms with Gasteiger partial charge >= 0.3 is 0 Å². The molecule has 0 saturated carbocycles. The Hall–Kier alpha value is -0.540. The van der Waals surface area contributed by atoms with Crippen molar-refractivity contribution >= 4 is 34.5 Å². The highest BCUT2D eigenvalue weighted by Crippen LogP contribution is 2.33. The molecule has 0 bridgehead atoms. The molecule has 1 unspecified atom stereocenters. The van der Waals surface area contributed by atoms with Crippen LogP contribution in [0, 0.1) is 0 Å². The molecule has 0 radical (unpaired) electrons. The molecule has 0 aliphatic carbocycles. The monoisotopic (exact) mass is 313 g/mol. The van der Waals surface area contributed by atoms with E-state index in [1.54, 1.807) is 11.3 Å². The Morgan fingerprint density at radius 3 is 2.47 bits per heavy atom. The molecular weight excluding hydrogens is 297 g/mol. The average Bonchev–Trinajstić information content (AvgIpc) is 2.88. The number of halogens is 2. The van der Waals surface area contributed by atoms with E-state index in [2.05, 4.69) is 29.8 Å². The molecule has 1 N–H and O–H groups in total. The van der Waals surface area contributed by atoms with Crippen molar-refractivity contribution in [2.45, 2.75) is 25.8 Å². The molecule has 2 rings (SSSR count). The molecule has 2 aromatic rings. The van der Waals surface area contributed by atoms with Crippen LogP contribution in [0.25, 0.3) is 0 Å². The highest BCUT2D eigenvalue weighted by atomic mass is 35.5. The minimum absolute atomic E-state index is 0.202. The number of rotatable bonds is 6. The summed E-state index contributed by atoms with van der Waals surface area (Å²) in [4.78, 5) is 1.39. The molecule has 19 heavy (non-hydrogen) atoms. The lowest BCUT2D eigenvalue weighted by molar-refractivity contribution is 0.517. The second kappa shape index (κ2) is 7.30. The minimum Gasteiger partial charge on any atom is -0.310 e. The third-order valence-corrected chi connectivity index (χ3v) is 4.65. The fourth-order valence-corrected chi connectivity index (χ4v) is 3.57. The number of benzene rings is 1. The van der Waals surface area contributed by atoms with Gasteiger partial charge in [-0.15, -0.1) is 11.3 Å². The van der Waals surface area contributed by atoms with Crippen LogP contribution >= 0.6 is 34.5 Å². The summed E-state index contributed by atoms with van der Waals surface area (Å²) < 4.78 is 0. The Morgan fingerprint density at radius 1 is 1.16 bits per heavy atom. The number of aryl methyl sites for hydroxylation is 1. The summed E-state index contributed by atoms with van der Waals surface area (Å²) in [5.41, 5.74) is 1.02. The van der Waals surface area contributed by atoms with Crippen molar-refractivity contribution in [2.75, 3.05) is 6.54 Å². The van der Waals surface area contributed by atoms with Gasteiger partial charge in [-0.2, -0.15) is 0 Å². The molecule has 1 nitrogen and oxygen atoms in total. The molecule has 0 saturated heterocycles. The largest absolute Gasteiger partial charge is 0.310 e. The number of thiophene rings is 1. The predicted molar refractivity (Wildman–Crippen MR) is 85.5 cm³/mol. The predicted octanol–water partition coefficient (Wildman–Crippen LogP) is 5.34. The Balaban J connectivity index is 2.15. The van der Waals surface area contributed by atoms with Gasteiger partial charge in [-0.3, -0.25) is 0 Å². The molecule has 1 aromatic heterocycles. The first kappa shape index (κ1) is 14.9. The third kappa shape index (κ3) is 3.96. The van der Waals surface area contributed by atoms with Gasteiger partial charge in [-0.05, 0) is 43.0 Å². The van der Waals surface area contributed by atoms with E-state index in [-0.39, 0.29) is 6.04 Å². The van der Waals surface area contributed by atoms with E-state index in [9.17, 15) is 0 Å². The molecule has 4 heteroatoms. The van der Waals surface area contributed by atoms with Gasteiger partial charge in [0, 0.05) is 26.5 Å². The maximum atomic E-state index is 6.30. The highest BCUT2D eigenvalue weighted by Gasteiger charge is 2.17. The van der Waals surface area contributed by atoms with Crippen LogP contribution in [0.2, 0.25) is 10.0 Å². The van der Waals surface area contributed by atoms with Crippen LogP contribution in [-0.2, 0) is 6.42 Å². The van der Waals surface area contributed by atoms with Crippen LogP contribution < -0.4 is 5.32 Å². The number of hydrogen-bond donors (Lipinski definition) is 1. The van der Waals surface area contributed by atoms with Crippen LogP contribution in [0.3, 0.4) is 0 Å². The van der Waals surface area contributed by atoms with E-state index in [1.165, 1.54) is 4.88 Å². The number of nitrogens with one attached hydrogen (secondary N) is 1. The fraction of sp³-hybridized carbons (Fsp3) is 0.333. The Bertz CT molecular complexity index is 491. The quantitative estimate of drug-likeness (QED) is 0.759. The van der Waals surface area contributed by atoms with E-state index < -0.39 is 0 Å². The molecule has 0 spiro atoms. The van der Waals surface area contributed by atoms with Gasteiger partial charge in [0.05, 0.1) is 0 Å². The van der Waals surface area contributed by atoms with Gasteiger partial charge in [0.2, 0.25) is 0 Å². The maximum absolute atomic E-state index is 6.30. The Labute approximate surface area is 128 Å². The topological polar surface area (TPSA) is 12.0 Å². The van der Waals surface area contributed by atoms with Crippen LogP contribution in [0.5, 0.6) is 0 Å². The van der Waals surface area contributed by atoms with Gasteiger partial charge in [0.25, 0.3) is 0 Å². The lowest BCUT2D eigenvalue weighted by atomic mass is 10.0. The van der Waals surface area contributed by atoms with Gasteiger partial charge < -0.3 is 5.32 Å². The second-order valence-electron chi connectivity index (χ2n) is 4.36. The molecule has 0 aliphatic rings. The third-order valence-electron chi connectivity index (χ3n) is 3.06. The highest BCUT2D eigenvalue weighted by molar-refractivity contribution is 7.09. The van der Waals surface area contributed by atoms with E-state index in [4.69, 9.17) is 23.2 Å². The van der Waals surface area contributed by atoms with Crippen molar-refractivity contribution in [1.82, 2.24) is 5.32 Å². The summed E-state index contributed by atoms with van der Waals surface area (Å²) >= 11 is 14.4. The Kier molecular flexibility index (Phi) is 5.71. The molecule has 0 fully saturated rings. The molecule has 0 amide bonds. The average molecular weight is 314 g/mol. The smallest absolute Gasteiger partial charge is 0.0468 e. The lowest BCUT2D eigenvalue weighted by Crippen LogP contribution is -2.22. The molecule has 102 valence electrons. The van der Waals surface area contributed by atoms with Crippen molar-refractivity contribution in [3.05, 3.63) is 56.2 Å². The van der Waals surface area contributed by atoms with Gasteiger partial charge in [0.15, 0.2) is 0 Å². The lowest BCUT2D eigenvalue weighted by Gasteiger charge is -2.20. The first-order valence-electron chi connectivity index (χ1n) is 6.42. The summed E-state index contributed by atoms with van der Waals surface area (Å²) in [6.07, 6.45) is 2.04. The molecular formula is C15H17Cl2NS. The SMILES string of the molecule is CCNC(CCc1cccs1)c1c(Cl)cccc1Cl. The van der Waals surface area contributed by atoms with Crippen molar-refractivity contribution < 1.29 is 0 Å². The normalized spacial score (nSPS) is 12.6.